The standard InChI is InChI=1S/C16H18N6O/c1-10-2-4-11(5-3-10)14(23)20-12-6-8-13(9-7-12)21-16(19)22-15(17)18/h2-9H,1H3,(H,20,23)(H6,17,18,19,21,22). The van der Waals surface area contributed by atoms with Gasteiger partial charge in [-0.3, -0.25) is 4.79 Å². The minimum Gasteiger partial charge on any atom is -0.370 e. The summed E-state index contributed by atoms with van der Waals surface area (Å²) >= 11 is 0. The summed E-state index contributed by atoms with van der Waals surface area (Å²) in [5, 5.41) is 2.80. The van der Waals surface area contributed by atoms with Crippen LogP contribution in [-0.4, -0.2) is 17.8 Å². The summed E-state index contributed by atoms with van der Waals surface area (Å²) in [5.74, 6) is -0.379. The van der Waals surface area contributed by atoms with E-state index in [1.54, 1.807) is 36.4 Å². The number of anilines is 1. The second-order valence-corrected chi connectivity index (χ2v) is 4.87. The SMILES string of the molecule is Cc1ccc(C(=O)Nc2ccc(N=C(N)N=C(N)N)cc2)cc1. The normalized spacial score (nSPS) is 10.9. The molecule has 7 N–H and O–H groups in total. The van der Waals surface area contributed by atoms with Gasteiger partial charge in [-0.2, -0.15) is 4.99 Å². The number of nitrogens with two attached hydrogens (primary N) is 3. The molecule has 2 rings (SSSR count). The van der Waals surface area contributed by atoms with Crippen molar-refractivity contribution in [1.82, 2.24) is 0 Å². The average molecular weight is 310 g/mol. The first-order valence-corrected chi connectivity index (χ1v) is 6.86. The summed E-state index contributed by atoms with van der Waals surface area (Å²) in [7, 11) is 0. The fourth-order valence-electron chi connectivity index (χ4n) is 1.82. The average Bonchev–Trinajstić information content (AvgIpc) is 2.49. The first kappa shape index (κ1) is 16.0. The van der Waals surface area contributed by atoms with Gasteiger partial charge >= 0.3 is 0 Å². The molecule has 7 heteroatoms. The highest BCUT2D eigenvalue weighted by Gasteiger charge is 2.05. The third-order valence-electron chi connectivity index (χ3n) is 2.93. The van der Waals surface area contributed by atoms with Crippen LogP contribution in [0.2, 0.25) is 0 Å². The number of carbonyl (C=O) groups is 1. The molecule has 0 aliphatic carbocycles. The highest BCUT2D eigenvalue weighted by molar-refractivity contribution is 6.04. The molecule has 0 aliphatic heterocycles. The van der Waals surface area contributed by atoms with Crippen molar-refractivity contribution in [2.45, 2.75) is 6.92 Å². The van der Waals surface area contributed by atoms with Gasteiger partial charge in [0.05, 0.1) is 5.69 Å². The molecule has 0 saturated carbocycles. The molecule has 0 radical (unpaired) electrons. The van der Waals surface area contributed by atoms with Crippen LogP contribution in [0.1, 0.15) is 15.9 Å². The Hall–Kier alpha value is -3.35. The van der Waals surface area contributed by atoms with Gasteiger partial charge in [0.1, 0.15) is 0 Å². The summed E-state index contributed by atoms with van der Waals surface area (Å²) < 4.78 is 0. The summed E-state index contributed by atoms with van der Waals surface area (Å²) in [4.78, 5) is 19.7. The molecule has 0 bridgehead atoms. The minimum atomic E-state index is -0.179. The molecule has 7 nitrogen and oxygen atoms in total. The highest BCUT2D eigenvalue weighted by atomic mass is 16.1. The summed E-state index contributed by atoms with van der Waals surface area (Å²) in [6.07, 6.45) is 0. The lowest BCUT2D eigenvalue weighted by Gasteiger charge is -2.06. The van der Waals surface area contributed by atoms with E-state index in [1.165, 1.54) is 0 Å². The van der Waals surface area contributed by atoms with Crippen LogP contribution >= 0.6 is 0 Å². The first-order chi connectivity index (χ1) is 10.9. The molecule has 0 aliphatic rings. The zero-order chi connectivity index (χ0) is 16.8. The van der Waals surface area contributed by atoms with Crippen LogP contribution in [0.3, 0.4) is 0 Å². The van der Waals surface area contributed by atoms with Gasteiger partial charge in [0, 0.05) is 11.3 Å². The molecule has 0 fully saturated rings. The Morgan fingerprint density at radius 2 is 1.57 bits per heavy atom. The van der Waals surface area contributed by atoms with Crippen LogP contribution in [0, 0.1) is 6.92 Å². The molecular weight excluding hydrogens is 292 g/mol. The van der Waals surface area contributed by atoms with Gasteiger partial charge in [-0.1, -0.05) is 17.7 Å². The molecule has 0 saturated heterocycles. The Bertz CT molecular complexity index is 743. The lowest BCUT2D eigenvalue weighted by molar-refractivity contribution is 0.102. The van der Waals surface area contributed by atoms with E-state index in [1.807, 2.05) is 19.1 Å². The Kier molecular flexibility index (Phi) is 4.93. The van der Waals surface area contributed by atoms with Crippen LogP contribution in [0.15, 0.2) is 58.5 Å². The van der Waals surface area contributed by atoms with Gasteiger partial charge in [0.2, 0.25) is 5.96 Å². The van der Waals surface area contributed by atoms with Crippen LogP contribution in [0.5, 0.6) is 0 Å². The fraction of sp³-hybridized carbons (Fsp3) is 0.0625. The van der Waals surface area contributed by atoms with Crippen molar-refractivity contribution in [3.8, 4) is 0 Å². The summed E-state index contributed by atoms with van der Waals surface area (Å²) in [6.45, 7) is 1.97. The van der Waals surface area contributed by atoms with Gasteiger partial charge in [-0.15, -0.1) is 0 Å². The third kappa shape index (κ3) is 4.85. The summed E-state index contributed by atoms with van der Waals surface area (Å²) in [6, 6.07) is 14.2. The Morgan fingerprint density at radius 3 is 2.13 bits per heavy atom. The van der Waals surface area contributed by atoms with Crippen molar-refractivity contribution in [3.63, 3.8) is 0 Å². The van der Waals surface area contributed by atoms with Crippen molar-refractivity contribution in [1.29, 1.82) is 0 Å². The molecule has 0 atom stereocenters. The van der Waals surface area contributed by atoms with E-state index < -0.39 is 0 Å². The van der Waals surface area contributed by atoms with E-state index in [0.29, 0.717) is 16.9 Å². The van der Waals surface area contributed by atoms with Gasteiger partial charge in [-0.05, 0) is 43.3 Å². The van der Waals surface area contributed by atoms with Gasteiger partial charge in [0.15, 0.2) is 5.96 Å². The number of aryl methyl sites for hydroxylation is 1. The number of rotatable bonds is 3. The van der Waals surface area contributed by atoms with Crippen LogP contribution in [0.25, 0.3) is 0 Å². The highest BCUT2D eigenvalue weighted by Crippen LogP contribution is 2.17. The molecule has 2 aromatic carbocycles. The monoisotopic (exact) mass is 310 g/mol. The maximum absolute atomic E-state index is 12.1. The number of nitrogens with one attached hydrogen (secondary N) is 1. The Morgan fingerprint density at radius 1 is 0.957 bits per heavy atom. The zero-order valence-corrected chi connectivity index (χ0v) is 12.7. The van der Waals surface area contributed by atoms with E-state index in [9.17, 15) is 4.79 Å². The second kappa shape index (κ2) is 7.08. The first-order valence-electron chi connectivity index (χ1n) is 6.86. The van der Waals surface area contributed by atoms with E-state index in [0.717, 1.165) is 5.56 Å². The molecule has 0 unspecified atom stereocenters. The molecule has 0 aromatic heterocycles. The maximum atomic E-state index is 12.1. The number of amides is 1. The number of benzene rings is 2. The number of guanidine groups is 2. The number of hydrogen-bond acceptors (Lipinski definition) is 2. The Labute approximate surface area is 133 Å². The number of nitrogens with zero attached hydrogens (tertiary/aromatic N) is 2. The Balaban J connectivity index is 2.06. The topological polar surface area (TPSA) is 132 Å². The number of aliphatic imine (C=N–C) groups is 2. The smallest absolute Gasteiger partial charge is 0.255 e. The van der Waals surface area contributed by atoms with Crippen molar-refractivity contribution in [2.75, 3.05) is 5.32 Å². The molecule has 2 aromatic rings. The molecule has 118 valence electrons. The van der Waals surface area contributed by atoms with E-state index in [2.05, 4.69) is 15.3 Å². The third-order valence-corrected chi connectivity index (χ3v) is 2.93. The second-order valence-electron chi connectivity index (χ2n) is 4.87. The van der Waals surface area contributed by atoms with Crippen molar-refractivity contribution in [3.05, 3.63) is 59.7 Å². The largest absolute Gasteiger partial charge is 0.370 e. The lowest BCUT2D eigenvalue weighted by atomic mass is 10.1. The summed E-state index contributed by atoms with van der Waals surface area (Å²) in [5.41, 5.74) is 18.9. The van der Waals surface area contributed by atoms with Crippen molar-refractivity contribution in [2.24, 2.45) is 27.2 Å². The molecule has 0 heterocycles. The van der Waals surface area contributed by atoms with Gasteiger partial charge < -0.3 is 22.5 Å². The number of carbonyl (C=O) groups excluding carboxylic acids is 1. The maximum Gasteiger partial charge on any atom is 0.255 e. The molecule has 0 spiro atoms. The van der Waals surface area contributed by atoms with Crippen molar-refractivity contribution < 1.29 is 4.79 Å². The molecule has 1 amide bonds. The minimum absolute atomic E-state index is 0.0403. The molecular formula is C16H18N6O. The van der Waals surface area contributed by atoms with Gasteiger partial charge in [0.25, 0.3) is 5.91 Å². The van der Waals surface area contributed by atoms with E-state index >= 15 is 0 Å². The van der Waals surface area contributed by atoms with E-state index in [4.69, 9.17) is 17.2 Å². The quantitative estimate of drug-likeness (QED) is 0.504. The van der Waals surface area contributed by atoms with Crippen LogP contribution in [-0.2, 0) is 0 Å². The lowest BCUT2D eigenvalue weighted by Crippen LogP contribution is -2.26. The fourth-order valence-corrected chi connectivity index (χ4v) is 1.82. The van der Waals surface area contributed by atoms with Crippen LogP contribution < -0.4 is 22.5 Å². The number of hydrogen-bond donors (Lipinski definition) is 4. The van der Waals surface area contributed by atoms with E-state index in [-0.39, 0.29) is 17.8 Å². The predicted octanol–water partition coefficient (Wildman–Crippen LogP) is 1.47. The zero-order valence-electron chi connectivity index (χ0n) is 12.7. The van der Waals surface area contributed by atoms with Crippen molar-refractivity contribution >= 4 is 29.2 Å². The van der Waals surface area contributed by atoms with Gasteiger partial charge in [-0.25, -0.2) is 4.99 Å². The van der Waals surface area contributed by atoms with Crippen LogP contribution in [0.4, 0.5) is 11.4 Å². The predicted molar refractivity (Wildman–Crippen MR) is 92.7 cm³/mol. The molecule has 23 heavy (non-hydrogen) atoms.